The summed E-state index contributed by atoms with van der Waals surface area (Å²) in [4.78, 5) is 2.42. The van der Waals surface area contributed by atoms with E-state index in [4.69, 9.17) is 10.2 Å². The van der Waals surface area contributed by atoms with E-state index in [0.29, 0.717) is 5.92 Å². The van der Waals surface area contributed by atoms with Gasteiger partial charge in [0.15, 0.2) is 0 Å². The van der Waals surface area contributed by atoms with Gasteiger partial charge in [-0.3, -0.25) is 4.90 Å². The molecule has 0 aliphatic carbocycles. The highest BCUT2D eigenvalue weighted by atomic mass is 16.3. The van der Waals surface area contributed by atoms with Gasteiger partial charge in [0, 0.05) is 6.54 Å². The average Bonchev–Trinajstić information content (AvgIpc) is 2.77. The fourth-order valence-corrected chi connectivity index (χ4v) is 2.02. The van der Waals surface area contributed by atoms with E-state index < -0.39 is 0 Å². The van der Waals surface area contributed by atoms with Crippen LogP contribution in [0.3, 0.4) is 0 Å². The first-order valence-corrected chi connectivity index (χ1v) is 5.25. The molecule has 0 amide bonds. The van der Waals surface area contributed by atoms with E-state index in [1.807, 2.05) is 6.07 Å². The zero-order chi connectivity index (χ0) is 9.97. The predicted molar refractivity (Wildman–Crippen MR) is 55.9 cm³/mol. The molecule has 1 aromatic rings. The van der Waals surface area contributed by atoms with E-state index in [-0.39, 0.29) is 0 Å². The minimum absolute atomic E-state index is 0.685. The summed E-state index contributed by atoms with van der Waals surface area (Å²) in [5.74, 6) is 1.79. The van der Waals surface area contributed by atoms with Crippen molar-refractivity contribution in [2.45, 2.75) is 19.9 Å². The quantitative estimate of drug-likeness (QED) is 0.790. The maximum atomic E-state index is 5.65. The molecule has 2 N–H and O–H groups in total. The second-order valence-electron chi connectivity index (χ2n) is 4.15. The molecule has 3 nitrogen and oxygen atoms in total. The second-order valence-corrected chi connectivity index (χ2v) is 4.15. The number of nitrogens with zero attached hydrogens (tertiary/aromatic N) is 1. The van der Waals surface area contributed by atoms with Crippen molar-refractivity contribution in [1.29, 1.82) is 0 Å². The molecule has 2 rings (SSSR count). The van der Waals surface area contributed by atoms with Crippen LogP contribution in [0, 0.1) is 12.8 Å². The molecule has 1 unspecified atom stereocenters. The van der Waals surface area contributed by atoms with Gasteiger partial charge in [-0.05, 0) is 44.0 Å². The lowest BCUT2D eigenvalue weighted by molar-refractivity contribution is 0.286. The molecular weight excluding hydrogens is 176 g/mol. The second kappa shape index (κ2) is 4.15. The first-order chi connectivity index (χ1) is 6.79. The van der Waals surface area contributed by atoms with E-state index in [1.165, 1.54) is 12.0 Å². The maximum absolute atomic E-state index is 5.65. The van der Waals surface area contributed by atoms with Gasteiger partial charge in [0.25, 0.3) is 0 Å². The van der Waals surface area contributed by atoms with Gasteiger partial charge in [-0.25, -0.2) is 0 Å². The van der Waals surface area contributed by atoms with Crippen LogP contribution < -0.4 is 5.73 Å². The molecule has 14 heavy (non-hydrogen) atoms. The summed E-state index contributed by atoms with van der Waals surface area (Å²) >= 11 is 0. The summed E-state index contributed by atoms with van der Waals surface area (Å²) in [7, 11) is 0. The number of likely N-dealkylation sites (tertiary alicyclic amines) is 1. The number of aryl methyl sites for hydroxylation is 1. The zero-order valence-corrected chi connectivity index (χ0v) is 8.70. The van der Waals surface area contributed by atoms with Gasteiger partial charge in [-0.2, -0.15) is 0 Å². The van der Waals surface area contributed by atoms with Crippen LogP contribution in [0.2, 0.25) is 0 Å². The Bertz CT molecular complexity index is 295. The first-order valence-electron chi connectivity index (χ1n) is 5.25. The van der Waals surface area contributed by atoms with Gasteiger partial charge in [0.2, 0.25) is 0 Å². The molecule has 0 spiro atoms. The molecule has 0 radical (unpaired) electrons. The fourth-order valence-electron chi connectivity index (χ4n) is 2.02. The van der Waals surface area contributed by atoms with Crippen LogP contribution in [0.15, 0.2) is 16.7 Å². The van der Waals surface area contributed by atoms with Crippen LogP contribution in [-0.4, -0.2) is 24.5 Å². The Morgan fingerprint density at radius 3 is 3.07 bits per heavy atom. The Labute approximate surface area is 84.9 Å². The lowest BCUT2D eigenvalue weighted by Crippen LogP contribution is -2.22. The molecule has 2 heterocycles. The van der Waals surface area contributed by atoms with Crippen molar-refractivity contribution in [1.82, 2.24) is 4.90 Å². The van der Waals surface area contributed by atoms with Crippen molar-refractivity contribution in [3.63, 3.8) is 0 Å². The standard InChI is InChI=1S/C11H18N2O/c1-9-3-5-14-11(9)8-13-4-2-10(6-12)7-13/h3,5,10H,2,4,6-8,12H2,1H3. The Hall–Kier alpha value is -0.800. The molecule has 1 saturated heterocycles. The lowest BCUT2D eigenvalue weighted by atomic mass is 10.1. The molecular formula is C11H18N2O. The van der Waals surface area contributed by atoms with Crippen LogP contribution in [0.1, 0.15) is 17.7 Å². The molecule has 0 bridgehead atoms. The number of nitrogens with two attached hydrogens (primary N) is 1. The van der Waals surface area contributed by atoms with Crippen LogP contribution in [-0.2, 0) is 6.54 Å². The minimum atomic E-state index is 0.685. The minimum Gasteiger partial charge on any atom is -0.468 e. The molecule has 1 atom stereocenters. The third-order valence-corrected chi connectivity index (χ3v) is 3.04. The fraction of sp³-hybridized carbons (Fsp3) is 0.636. The Morgan fingerprint density at radius 1 is 1.64 bits per heavy atom. The zero-order valence-electron chi connectivity index (χ0n) is 8.70. The summed E-state index contributed by atoms with van der Waals surface area (Å²) in [5, 5.41) is 0. The van der Waals surface area contributed by atoms with Crippen molar-refractivity contribution >= 4 is 0 Å². The highest BCUT2D eigenvalue weighted by Crippen LogP contribution is 2.19. The number of hydrogen-bond acceptors (Lipinski definition) is 3. The van der Waals surface area contributed by atoms with Gasteiger partial charge in [-0.1, -0.05) is 0 Å². The monoisotopic (exact) mass is 194 g/mol. The van der Waals surface area contributed by atoms with Crippen LogP contribution in [0.25, 0.3) is 0 Å². The molecule has 1 aliphatic rings. The number of furan rings is 1. The van der Waals surface area contributed by atoms with E-state index in [1.54, 1.807) is 6.26 Å². The summed E-state index contributed by atoms with van der Waals surface area (Å²) in [6, 6.07) is 2.02. The summed E-state index contributed by atoms with van der Waals surface area (Å²) < 4.78 is 5.42. The maximum Gasteiger partial charge on any atom is 0.120 e. The van der Waals surface area contributed by atoms with E-state index >= 15 is 0 Å². The third-order valence-electron chi connectivity index (χ3n) is 3.04. The van der Waals surface area contributed by atoms with E-state index in [9.17, 15) is 0 Å². The SMILES string of the molecule is Cc1ccoc1CN1CCC(CN)C1. The van der Waals surface area contributed by atoms with Crippen molar-refractivity contribution in [3.05, 3.63) is 23.7 Å². The average molecular weight is 194 g/mol. The van der Waals surface area contributed by atoms with Crippen molar-refractivity contribution in [2.24, 2.45) is 11.7 Å². The molecule has 0 saturated carbocycles. The lowest BCUT2D eigenvalue weighted by Gasteiger charge is -2.14. The predicted octanol–water partition coefficient (Wildman–Crippen LogP) is 1.37. The van der Waals surface area contributed by atoms with Gasteiger partial charge >= 0.3 is 0 Å². The van der Waals surface area contributed by atoms with Gasteiger partial charge in [-0.15, -0.1) is 0 Å². The topological polar surface area (TPSA) is 42.4 Å². The van der Waals surface area contributed by atoms with Crippen molar-refractivity contribution < 1.29 is 4.42 Å². The highest BCUT2D eigenvalue weighted by Gasteiger charge is 2.22. The van der Waals surface area contributed by atoms with E-state index in [2.05, 4.69) is 11.8 Å². The van der Waals surface area contributed by atoms with Gasteiger partial charge in [0.05, 0.1) is 12.8 Å². The summed E-state index contributed by atoms with van der Waals surface area (Å²) in [6.45, 7) is 6.12. The first kappa shape index (κ1) is 9.74. The van der Waals surface area contributed by atoms with Crippen LogP contribution >= 0.6 is 0 Å². The van der Waals surface area contributed by atoms with Gasteiger partial charge < -0.3 is 10.2 Å². The van der Waals surface area contributed by atoms with Crippen LogP contribution in [0.4, 0.5) is 0 Å². The largest absolute Gasteiger partial charge is 0.468 e. The molecule has 1 fully saturated rings. The highest BCUT2D eigenvalue weighted by molar-refractivity contribution is 5.14. The Balaban J connectivity index is 1.90. The molecule has 0 aromatic carbocycles. The van der Waals surface area contributed by atoms with Crippen molar-refractivity contribution in [3.8, 4) is 0 Å². The molecule has 78 valence electrons. The molecule has 1 aromatic heterocycles. The molecule has 3 heteroatoms. The van der Waals surface area contributed by atoms with E-state index in [0.717, 1.165) is 31.9 Å². The van der Waals surface area contributed by atoms with Crippen molar-refractivity contribution in [2.75, 3.05) is 19.6 Å². The summed E-state index contributed by atoms with van der Waals surface area (Å²) in [6.07, 6.45) is 3.00. The van der Waals surface area contributed by atoms with Gasteiger partial charge in [0.1, 0.15) is 5.76 Å². The summed E-state index contributed by atoms with van der Waals surface area (Å²) in [5.41, 5.74) is 6.90. The Kier molecular flexibility index (Phi) is 2.89. The number of rotatable bonds is 3. The number of hydrogen-bond donors (Lipinski definition) is 1. The third kappa shape index (κ3) is 1.99. The smallest absolute Gasteiger partial charge is 0.120 e. The van der Waals surface area contributed by atoms with Crippen LogP contribution in [0.5, 0.6) is 0 Å². The molecule has 1 aliphatic heterocycles. The normalized spacial score (nSPS) is 23.1. The Morgan fingerprint density at radius 2 is 2.50 bits per heavy atom.